The second-order valence-electron chi connectivity index (χ2n) is 11.9. The Kier molecular flexibility index (Phi) is 4.86. The lowest BCUT2D eigenvalue weighted by atomic mass is 9.89. The Morgan fingerprint density at radius 2 is 1.25 bits per heavy atom. The third kappa shape index (κ3) is 3.20. The fourth-order valence-corrected chi connectivity index (χ4v) is 7.74. The first-order valence-electron chi connectivity index (χ1n) is 15.4. The van der Waals surface area contributed by atoms with Gasteiger partial charge in [-0.15, -0.1) is 0 Å². The summed E-state index contributed by atoms with van der Waals surface area (Å²) in [4.78, 5) is 0. The number of benzene rings is 7. The molecule has 0 saturated heterocycles. The van der Waals surface area contributed by atoms with Crippen LogP contribution in [0.4, 0.5) is 0 Å². The van der Waals surface area contributed by atoms with Gasteiger partial charge in [-0.25, -0.2) is 0 Å². The van der Waals surface area contributed by atoms with Crippen LogP contribution in [0.25, 0.3) is 88.0 Å². The molecular weight excluding hydrogens is 534 g/mol. The third-order valence-corrected chi connectivity index (χ3v) is 9.61. The minimum Gasteiger partial charge on any atom is -0.455 e. The molecule has 1 aliphatic rings. The van der Waals surface area contributed by atoms with Crippen molar-refractivity contribution >= 4 is 71.2 Å². The maximum absolute atomic E-state index is 6.62. The first kappa shape index (κ1) is 23.9. The highest BCUT2D eigenvalue weighted by molar-refractivity contribution is 6.21. The van der Waals surface area contributed by atoms with Crippen molar-refractivity contribution in [3.63, 3.8) is 0 Å². The minimum absolute atomic E-state index is 0.937. The van der Waals surface area contributed by atoms with Gasteiger partial charge in [-0.2, -0.15) is 0 Å². The fourth-order valence-electron chi connectivity index (χ4n) is 7.74. The SMILES string of the molecule is C1=Cc2c(n(-c3c4ccccc4c(-c4ccc5ccccc5c4)c4ccccc34)c3ccc4c5ccccc5oc4c23)CC1. The fraction of sp³-hybridized carbons (Fsp3) is 0.0476. The van der Waals surface area contributed by atoms with E-state index in [1.165, 1.54) is 82.1 Å². The Labute approximate surface area is 254 Å². The molecule has 0 aliphatic heterocycles. The molecule has 0 bridgehead atoms. The summed E-state index contributed by atoms with van der Waals surface area (Å²) in [7, 11) is 0. The number of rotatable bonds is 2. The molecule has 0 unspecified atom stereocenters. The summed E-state index contributed by atoms with van der Waals surface area (Å²) in [5, 5.41) is 11.1. The highest BCUT2D eigenvalue weighted by Gasteiger charge is 2.26. The van der Waals surface area contributed by atoms with E-state index >= 15 is 0 Å². The van der Waals surface area contributed by atoms with E-state index in [4.69, 9.17) is 4.42 Å². The van der Waals surface area contributed by atoms with Crippen molar-refractivity contribution in [1.29, 1.82) is 0 Å². The topological polar surface area (TPSA) is 18.1 Å². The molecule has 0 atom stereocenters. The van der Waals surface area contributed by atoms with E-state index in [1.807, 2.05) is 0 Å². The Hall–Kier alpha value is -5.60. The van der Waals surface area contributed by atoms with Gasteiger partial charge in [-0.1, -0.05) is 115 Å². The van der Waals surface area contributed by atoms with Crippen LogP contribution < -0.4 is 0 Å². The van der Waals surface area contributed by atoms with Crippen LogP contribution in [-0.4, -0.2) is 4.57 Å². The van der Waals surface area contributed by atoms with Crippen molar-refractivity contribution in [2.45, 2.75) is 12.8 Å². The molecule has 2 aromatic heterocycles. The molecule has 0 amide bonds. The maximum atomic E-state index is 6.62. The van der Waals surface area contributed by atoms with Crippen molar-refractivity contribution in [3.05, 3.63) is 145 Å². The minimum atomic E-state index is 0.937. The number of nitrogens with zero attached hydrogens (tertiary/aromatic N) is 1. The highest BCUT2D eigenvalue weighted by Crippen LogP contribution is 2.46. The Bertz CT molecular complexity index is 2610. The molecule has 0 saturated carbocycles. The number of allylic oxidation sites excluding steroid dienone is 1. The maximum Gasteiger partial charge on any atom is 0.145 e. The number of hydrogen-bond donors (Lipinski definition) is 0. The molecule has 2 nitrogen and oxygen atoms in total. The first-order chi connectivity index (χ1) is 21.8. The number of hydrogen-bond acceptors (Lipinski definition) is 1. The van der Waals surface area contributed by atoms with Gasteiger partial charge < -0.3 is 8.98 Å². The average Bonchev–Trinajstić information content (AvgIpc) is 3.63. The predicted molar refractivity (Wildman–Crippen MR) is 186 cm³/mol. The predicted octanol–water partition coefficient (Wildman–Crippen LogP) is 11.6. The lowest BCUT2D eigenvalue weighted by Gasteiger charge is -2.21. The summed E-state index contributed by atoms with van der Waals surface area (Å²) in [5.41, 5.74) is 9.52. The normalized spacial score (nSPS) is 13.2. The lowest BCUT2D eigenvalue weighted by Crippen LogP contribution is -2.05. The van der Waals surface area contributed by atoms with Gasteiger partial charge in [0, 0.05) is 32.8 Å². The van der Waals surface area contributed by atoms with Gasteiger partial charge in [0.25, 0.3) is 0 Å². The summed E-state index contributed by atoms with van der Waals surface area (Å²) in [5.74, 6) is 0. The van der Waals surface area contributed by atoms with Crippen molar-refractivity contribution in [2.24, 2.45) is 0 Å². The molecule has 0 radical (unpaired) electrons. The number of furan rings is 1. The standard InChI is InChI=1S/C42H27NO/c1-2-12-27-25-28(22-21-26(27)11-1)39-30-14-3-5-16-32(30)41(33-17-6-4-15-31(33)39)43-36-19-9-7-18-35(36)40-37(43)24-23-34-29-13-8-10-20-38(29)44-42(34)40/h1-8,10-18,20-25H,9,19H2. The van der Waals surface area contributed by atoms with Crippen LogP contribution >= 0.6 is 0 Å². The van der Waals surface area contributed by atoms with E-state index in [0.717, 1.165) is 24.0 Å². The number of aromatic nitrogens is 1. The summed E-state index contributed by atoms with van der Waals surface area (Å²) in [6, 6.07) is 46.4. The molecule has 10 rings (SSSR count). The molecule has 9 aromatic rings. The van der Waals surface area contributed by atoms with Gasteiger partial charge in [0.1, 0.15) is 11.2 Å². The van der Waals surface area contributed by atoms with Gasteiger partial charge in [0.05, 0.1) is 16.6 Å². The van der Waals surface area contributed by atoms with Crippen LogP contribution in [0.2, 0.25) is 0 Å². The number of fused-ring (bicyclic) bond motifs is 10. The van der Waals surface area contributed by atoms with Crippen molar-refractivity contribution in [3.8, 4) is 16.8 Å². The summed E-state index contributed by atoms with van der Waals surface area (Å²) in [6.45, 7) is 0. The van der Waals surface area contributed by atoms with Crippen LogP contribution in [0.15, 0.2) is 138 Å². The Morgan fingerprint density at radius 1 is 0.568 bits per heavy atom. The van der Waals surface area contributed by atoms with E-state index in [-0.39, 0.29) is 0 Å². The molecule has 0 N–H and O–H groups in total. The zero-order chi connectivity index (χ0) is 28.8. The molecule has 2 heteroatoms. The zero-order valence-electron chi connectivity index (χ0n) is 24.0. The lowest BCUT2D eigenvalue weighted by molar-refractivity contribution is 0.672. The van der Waals surface area contributed by atoms with Crippen molar-refractivity contribution < 1.29 is 4.42 Å². The van der Waals surface area contributed by atoms with Crippen LogP contribution in [0.5, 0.6) is 0 Å². The van der Waals surface area contributed by atoms with Crippen LogP contribution in [0, 0.1) is 0 Å². The summed E-state index contributed by atoms with van der Waals surface area (Å²) in [6.07, 6.45) is 6.64. The summed E-state index contributed by atoms with van der Waals surface area (Å²) >= 11 is 0. The average molecular weight is 562 g/mol. The quantitative estimate of drug-likeness (QED) is 0.192. The largest absolute Gasteiger partial charge is 0.455 e. The van der Waals surface area contributed by atoms with Gasteiger partial charge in [0.2, 0.25) is 0 Å². The smallest absolute Gasteiger partial charge is 0.145 e. The molecule has 2 heterocycles. The van der Waals surface area contributed by atoms with E-state index in [1.54, 1.807) is 0 Å². The van der Waals surface area contributed by atoms with Crippen molar-refractivity contribution in [2.75, 3.05) is 0 Å². The van der Waals surface area contributed by atoms with Gasteiger partial charge >= 0.3 is 0 Å². The molecule has 206 valence electrons. The monoisotopic (exact) mass is 561 g/mol. The van der Waals surface area contributed by atoms with Gasteiger partial charge in [-0.3, -0.25) is 0 Å². The molecule has 1 aliphatic carbocycles. The van der Waals surface area contributed by atoms with E-state index in [2.05, 4.69) is 144 Å². The molecule has 44 heavy (non-hydrogen) atoms. The highest BCUT2D eigenvalue weighted by atomic mass is 16.3. The third-order valence-electron chi connectivity index (χ3n) is 9.61. The first-order valence-corrected chi connectivity index (χ1v) is 15.4. The van der Waals surface area contributed by atoms with Crippen LogP contribution in [-0.2, 0) is 6.42 Å². The Balaban J connectivity index is 1.37. The molecule has 7 aromatic carbocycles. The second kappa shape index (κ2) is 8.95. The van der Waals surface area contributed by atoms with Gasteiger partial charge in [-0.05, 0) is 69.8 Å². The van der Waals surface area contributed by atoms with Gasteiger partial charge in [0.15, 0.2) is 0 Å². The molecule has 0 fully saturated rings. The van der Waals surface area contributed by atoms with E-state index < -0.39 is 0 Å². The zero-order valence-corrected chi connectivity index (χ0v) is 24.0. The van der Waals surface area contributed by atoms with Crippen molar-refractivity contribution in [1.82, 2.24) is 4.57 Å². The molecule has 0 spiro atoms. The Morgan fingerprint density at radius 3 is 2.05 bits per heavy atom. The van der Waals surface area contributed by atoms with E-state index in [9.17, 15) is 0 Å². The second-order valence-corrected chi connectivity index (χ2v) is 11.9. The number of para-hydroxylation sites is 1. The molecular formula is C42H27NO. The van der Waals surface area contributed by atoms with Crippen LogP contribution in [0.1, 0.15) is 17.7 Å². The summed E-state index contributed by atoms with van der Waals surface area (Å²) < 4.78 is 9.17. The van der Waals surface area contributed by atoms with Crippen LogP contribution in [0.3, 0.4) is 0 Å². The van der Waals surface area contributed by atoms with E-state index in [0.29, 0.717) is 0 Å².